The highest BCUT2D eigenvalue weighted by molar-refractivity contribution is 5.00. The lowest BCUT2D eigenvalue weighted by atomic mass is 10.1. The lowest BCUT2D eigenvalue weighted by Gasteiger charge is -2.26. The molecule has 5 aliphatic rings. The number of fused-ring (bicyclic) bond motifs is 4. The summed E-state index contributed by atoms with van der Waals surface area (Å²) in [6.07, 6.45) is -16.8. The Bertz CT molecular complexity index is 2750. The van der Waals surface area contributed by atoms with Gasteiger partial charge in [-0.05, 0) is 12.8 Å². The van der Waals surface area contributed by atoms with Crippen molar-refractivity contribution < 1.29 is 63.1 Å². The first-order valence-electron chi connectivity index (χ1n) is 21.8. The molecule has 29 nitrogen and oxygen atoms in total. The Morgan fingerprint density at radius 3 is 0.928 bits per heavy atom. The van der Waals surface area contributed by atoms with Crippen molar-refractivity contribution in [2.75, 3.05) is 39.6 Å². The van der Waals surface area contributed by atoms with Crippen molar-refractivity contribution >= 4 is 0 Å². The second kappa shape index (κ2) is 20.3. The molecule has 29 heteroatoms. The molecule has 8 N–H and O–H groups in total. The van der Waals surface area contributed by atoms with Gasteiger partial charge in [0, 0.05) is 62.3 Å². The van der Waals surface area contributed by atoms with Gasteiger partial charge >= 0.3 is 22.8 Å². The first-order chi connectivity index (χ1) is 33.2. The van der Waals surface area contributed by atoms with Crippen molar-refractivity contribution in [1.82, 2.24) is 38.2 Å². The third-order valence-corrected chi connectivity index (χ3v) is 12.4. The predicted molar refractivity (Wildman–Crippen MR) is 224 cm³/mol. The molecule has 374 valence electrons. The van der Waals surface area contributed by atoms with Gasteiger partial charge in [0.15, 0.2) is 24.9 Å². The highest BCUT2D eigenvalue weighted by atomic mass is 16.6. The van der Waals surface area contributed by atoms with E-state index < -0.39 is 170 Å². The highest BCUT2D eigenvalue weighted by Gasteiger charge is 2.52. The number of nitrogens with one attached hydrogen (secondary N) is 4. The maximum absolute atomic E-state index is 12.9. The van der Waals surface area contributed by atoms with Crippen LogP contribution in [0.2, 0.25) is 0 Å². The van der Waals surface area contributed by atoms with Crippen LogP contribution < -0.4 is 45.0 Å². The molecule has 9 rings (SSSR count). The summed E-state index contributed by atoms with van der Waals surface area (Å²) in [5, 5.41) is 46.5. The monoisotopic (exact) mass is 976 g/mol. The average Bonchev–Trinajstić information content (AvgIpc) is 3.99. The molecular weight excluding hydrogens is 928 g/mol. The van der Waals surface area contributed by atoms with Crippen LogP contribution in [0.5, 0.6) is 0 Å². The van der Waals surface area contributed by atoms with Gasteiger partial charge < -0.3 is 63.1 Å². The number of aliphatic hydroxyl groups is 4. The van der Waals surface area contributed by atoms with Crippen molar-refractivity contribution in [3.8, 4) is 0 Å². The second-order valence-corrected chi connectivity index (χ2v) is 16.8. The molecule has 16 atom stereocenters. The van der Waals surface area contributed by atoms with E-state index in [0.717, 1.165) is 67.3 Å². The van der Waals surface area contributed by atoms with E-state index in [9.17, 15) is 58.8 Å². The van der Waals surface area contributed by atoms with Crippen molar-refractivity contribution in [2.24, 2.45) is 0 Å². The molecule has 4 aromatic heterocycles. The number of aromatic amines is 4. The number of H-pyrrole nitrogens is 4. The topological polar surface area (TPSA) is 383 Å². The molecule has 69 heavy (non-hydrogen) atoms. The Labute approximate surface area is 383 Å². The number of nitrogens with zero attached hydrogens (tertiary/aromatic N) is 4. The van der Waals surface area contributed by atoms with Gasteiger partial charge in [-0.25, -0.2) is 19.2 Å². The largest absolute Gasteiger partial charge is 0.386 e. The number of hydrogen-bond donors (Lipinski definition) is 8. The Kier molecular flexibility index (Phi) is 14.2. The first kappa shape index (κ1) is 48.2. The third-order valence-electron chi connectivity index (χ3n) is 12.4. The van der Waals surface area contributed by atoms with Crippen LogP contribution in [0.15, 0.2) is 87.4 Å². The van der Waals surface area contributed by atoms with Gasteiger partial charge in [0.25, 0.3) is 22.2 Å². The molecule has 0 aromatic carbocycles. The SMILES string of the molecule is O=c1ccn([C@@H]2O[C@@H]3COC[C@H]4O[C@@H](n5ccc(=O)[nH]c5=O)[C@H](O)[C@H]4OC[C@H]4O[C@@H](n5ccc(=O)[nH]c5=O)[C@H](O)[C@H]4OCCCCO[C@@H]4[C@@H](O)[C@H](n5ccc(=O)[nH]c5=O)O[C@@H]4CO[C@@H]3[C@H]2O)c(=O)[nH]1. The number of hydrogen-bond acceptors (Lipinski definition) is 21. The molecule has 4 aromatic rings. The highest BCUT2D eigenvalue weighted by Crippen LogP contribution is 2.37. The van der Waals surface area contributed by atoms with Crippen LogP contribution in [0.25, 0.3) is 0 Å². The number of rotatable bonds is 4. The summed E-state index contributed by atoms with van der Waals surface area (Å²) in [5.41, 5.74) is -6.47. The van der Waals surface area contributed by atoms with E-state index in [-0.39, 0.29) is 26.1 Å². The molecule has 5 fully saturated rings. The summed E-state index contributed by atoms with van der Waals surface area (Å²) < 4.78 is 59.1. The molecule has 0 radical (unpaired) electrons. The fourth-order valence-corrected chi connectivity index (χ4v) is 9.02. The lowest BCUT2D eigenvalue weighted by Crippen LogP contribution is -2.43. The normalized spacial score (nSPS) is 35.9. The maximum atomic E-state index is 12.9. The van der Waals surface area contributed by atoms with Crippen LogP contribution in [0, 0.1) is 0 Å². The number of ether oxygens (including phenoxy) is 9. The molecule has 0 unspecified atom stereocenters. The summed E-state index contributed by atoms with van der Waals surface area (Å²) in [7, 11) is 0. The molecule has 0 amide bonds. The van der Waals surface area contributed by atoms with E-state index in [2.05, 4.69) is 19.9 Å². The lowest BCUT2D eigenvalue weighted by molar-refractivity contribution is -0.134. The van der Waals surface area contributed by atoms with E-state index in [1.165, 1.54) is 0 Å². The average molecular weight is 977 g/mol. The van der Waals surface area contributed by atoms with Crippen LogP contribution >= 0.6 is 0 Å². The third kappa shape index (κ3) is 9.86. The van der Waals surface area contributed by atoms with E-state index in [1.54, 1.807) is 0 Å². The van der Waals surface area contributed by atoms with Gasteiger partial charge in [0.1, 0.15) is 73.2 Å². The summed E-state index contributed by atoms with van der Waals surface area (Å²) in [6.45, 7) is -1.78. The van der Waals surface area contributed by atoms with Crippen LogP contribution in [0.3, 0.4) is 0 Å². The zero-order chi connectivity index (χ0) is 48.7. The molecule has 5 saturated heterocycles. The van der Waals surface area contributed by atoms with Gasteiger partial charge in [-0.2, -0.15) is 0 Å². The molecule has 0 saturated carbocycles. The van der Waals surface area contributed by atoms with Crippen molar-refractivity contribution in [3.05, 3.63) is 132 Å². The van der Waals surface area contributed by atoms with E-state index in [1.807, 2.05) is 0 Å². The Hall–Kier alpha value is -5.80. The minimum Gasteiger partial charge on any atom is -0.386 e. The zero-order valence-corrected chi connectivity index (χ0v) is 36.0. The fraction of sp³-hybridized carbons (Fsp3) is 0.600. The van der Waals surface area contributed by atoms with Crippen molar-refractivity contribution in [2.45, 2.75) is 111 Å². The number of aliphatic hydroxyl groups excluding tert-OH is 4. The molecule has 0 aliphatic carbocycles. The Balaban J connectivity index is 1.03. The Morgan fingerprint density at radius 1 is 0.391 bits per heavy atom. The van der Waals surface area contributed by atoms with Gasteiger partial charge in [-0.1, -0.05) is 0 Å². The van der Waals surface area contributed by atoms with Gasteiger partial charge in [-0.3, -0.25) is 57.4 Å². The smallest absolute Gasteiger partial charge is 0.330 e. The summed E-state index contributed by atoms with van der Waals surface area (Å²) in [4.78, 5) is 107. The quantitative estimate of drug-likeness (QED) is 0.0943. The van der Waals surface area contributed by atoms with Crippen LogP contribution in [0.1, 0.15) is 37.8 Å². The Morgan fingerprint density at radius 2 is 0.652 bits per heavy atom. The minimum absolute atomic E-state index is 0.0345. The van der Waals surface area contributed by atoms with E-state index in [4.69, 9.17) is 42.6 Å². The van der Waals surface area contributed by atoms with Crippen molar-refractivity contribution in [1.29, 1.82) is 0 Å². The first-order valence-corrected chi connectivity index (χ1v) is 21.8. The predicted octanol–water partition coefficient (Wildman–Crippen LogP) is -6.43. The van der Waals surface area contributed by atoms with Gasteiger partial charge in [-0.15, -0.1) is 0 Å². The van der Waals surface area contributed by atoms with Crippen LogP contribution in [-0.2, 0) is 42.6 Å². The van der Waals surface area contributed by atoms with E-state index >= 15 is 0 Å². The van der Waals surface area contributed by atoms with E-state index in [0.29, 0.717) is 0 Å². The summed E-state index contributed by atoms with van der Waals surface area (Å²) >= 11 is 0. The maximum Gasteiger partial charge on any atom is 0.330 e. The summed E-state index contributed by atoms with van der Waals surface area (Å²) in [6, 6.07) is 4.18. The standard InChI is InChI=1S/C40H48N8O21/c49-21-3-7-45(37(57)41-21)33-25(53)29-19(68-33)15-64-31-17(66-35(27(31)55)47-9-5-23(51)43-39(47)59)13-61-14-18-32(28(56)36(67-18)48-10-6-24(52)44-40(48)60)65-16-20-30(63-12-2-1-11-62-29)26(54)34(69-20)46-8-4-22(50)42-38(46)58/h3-10,17-20,25-36,53-56H,1-2,11-16H2,(H,41,49,57)(H,42,50,58)(H,43,51,59)(H,44,52,60)/t17-,18-,19-,20-,25-,26-,27-,28-,29+,30+,31+,32+,33-,34-,35-,36-/m1/s1. The van der Waals surface area contributed by atoms with Crippen LogP contribution in [0.4, 0.5) is 0 Å². The molecule has 5 aliphatic heterocycles. The number of aromatic nitrogens is 8. The molecule has 0 spiro atoms. The van der Waals surface area contributed by atoms with Crippen molar-refractivity contribution in [3.63, 3.8) is 0 Å². The van der Waals surface area contributed by atoms with Crippen LogP contribution in [-0.4, -0.2) is 172 Å². The molecule has 0 bridgehead atoms. The second-order valence-electron chi connectivity index (χ2n) is 16.8. The van der Waals surface area contributed by atoms with Gasteiger partial charge in [0.2, 0.25) is 0 Å². The zero-order valence-electron chi connectivity index (χ0n) is 36.0. The van der Waals surface area contributed by atoms with Gasteiger partial charge in [0.05, 0.1) is 26.4 Å². The minimum atomic E-state index is -1.63. The molecular formula is C40H48N8O21. The molecule has 9 heterocycles. The fourth-order valence-electron chi connectivity index (χ4n) is 9.02. The summed E-state index contributed by atoms with van der Waals surface area (Å²) in [5.74, 6) is 0.